The molecule has 3 aromatic rings. The van der Waals surface area contributed by atoms with Crippen molar-refractivity contribution >= 4 is 45.9 Å². The number of methoxy groups -OCH3 is 2. The van der Waals surface area contributed by atoms with Gasteiger partial charge in [-0.15, -0.1) is 0 Å². The minimum absolute atomic E-state index is 0.183. The molecule has 0 spiro atoms. The molecule has 30 heavy (non-hydrogen) atoms. The summed E-state index contributed by atoms with van der Waals surface area (Å²) in [5, 5.41) is 4.95. The van der Waals surface area contributed by atoms with E-state index in [-0.39, 0.29) is 12.0 Å². The van der Waals surface area contributed by atoms with Gasteiger partial charge in [0.15, 0.2) is 5.82 Å². The second kappa shape index (κ2) is 8.29. The van der Waals surface area contributed by atoms with Crippen molar-refractivity contribution in [2.45, 2.75) is 12.5 Å². The maximum Gasteiger partial charge on any atom is 0.220 e. The molecule has 1 aliphatic heterocycles. The number of benzene rings is 1. The molecule has 3 N–H and O–H groups in total. The molecule has 10 heteroatoms. The highest BCUT2D eigenvalue weighted by molar-refractivity contribution is 6.41. The van der Waals surface area contributed by atoms with Crippen molar-refractivity contribution in [3.8, 4) is 22.8 Å². The van der Waals surface area contributed by atoms with Gasteiger partial charge in [-0.25, -0.2) is 15.0 Å². The minimum Gasteiger partial charge on any atom is -0.495 e. The Hall–Kier alpha value is -2.55. The number of ether oxygens (including phenoxy) is 2. The van der Waals surface area contributed by atoms with E-state index < -0.39 is 0 Å². The van der Waals surface area contributed by atoms with E-state index in [2.05, 4.69) is 27.2 Å². The van der Waals surface area contributed by atoms with Gasteiger partial charge in [0.2, 0.25) is 5.95 Å². The number of nitrogens with zero attached hydrogens (tertiary/aromatic N) is 4. The van der Waals surface area contributed by atoms with E-state index in [1.54, 1.807) is 12.3 Å². The lowest BCUT2D eigenvalue weighted by Gasteiger charge is -2.18. The third-order valence-electron chi connectivity index (χ3n) is 5.15. The van der Waals surface area contributed by atoms with Crippen molar-refractivity contribution in [1.82, 2.24) is 19.9 Å². The van der Waals surface area contributed by atoms with Crippen LogP contribution in [0.25, 0.3) is 22.2 Å². The van der Waals surface area contributed by atoms with Crippen LogP contribution in [0.3, 0.4) is 0 Å². The lowest BCUT2D eigenvalue weighted by molar-refractivity contribution is 0.395. The fraction of sp³-hybridized carbons (Fsp3) is 0.350. The number of anilines is 2. The van der Waals surface area contributed by atoms with Crippen LogP contribution in [0.1, 0.15) is 6.42 Å². The van der Waals surface area contributed by atoms with E-state index in [0.29, 0.717) is 44.1 Å². The number of nitrogens with one attached hydrogen (secondary N) is 1. The lowest BCUT2D eigenvalue weighted by Crippen LogP contribution is -2.24. The molecule has 158 valence electrons. The molecule has 1 aromatic carbocycles. The van der Waals surface area contributed by atoms with Crippen LogP contribution in [0.2, 0.25) is 10.0 Å². The molecule has 0 bridgehead atoms. The Bertz CT molecular complexity index is 1080. The van der Waals surface area contributed by atoms with Gasteiger partial charge < -0.3 is 25.4 Å². The number of nitrogen functional groups attached to an aromatic ring is 1. The van der Waals surface area contributed by atoms with Gasteiger partial charge in [-0.1, -0.05) is 23.2 Å². The number of fused-ring (bicyclic) bond motifs is 1. The topological polar surface area (TPSA) is 98.4 Å². The van der Waals surface area contributed by atoms with Crippen LogP contribution in [-0.4, -0.2) is 60.3 Å². The van der Waals surface area contributed by atoms with Crippen molar-refractivity contribution in [1.29, 1.82) is 0 Å². The first kappa shape index (κ1) is 20.7. The Balaban J connectivity index is 1.91. The van der Waals surface area contributed by atoms with Gasteiger partial charge in [-0.3, -0.25) is 0 Å². The van der Waals surface area contributed by atoms with Crippen molar-refractivity contribution in [2.24, 2.45) is 0 Å². The Morgan fingerprint density at radius 2 is 1.83 bits per heavy atom. The number of hydrogen-bond donors (Lipinski definition) is 2. The number of halogens is 2. The monoisotopic (exact) mass is 448 g/mol. The maximum atomic E-state index is 6.61. The second-order valence-corrected chi connectivity index (χ2v) is 7.95. The van der Waals surface area contributed by atoms with Crippen LogP contribution >= 0.6 is 23.2 Å². The number of likely N-dealkylation sites (N-methyl/N-ethyl adjacent to an activating group) is 1. The molecule has 1 unspecified atom stereocenters. The molecule has 1 atom stereocenters. The van der Waals surface area contributed by atoms with Gasteiger partial charge >= 0.3 is 0 Å². The summed E-state index contributed by atoms with van der Waals surface area (Å²) in [4.78, 5) is 15.6. The SMILES string of the molecule is COc1cc(OC)c(Cl)c(-c2cc3cnc(N)nc3c(NC3CCN(C)C3)n2)c1Cl. The van der Waals surface area contributed by atoms with E-state index in [9.17, 15) is 0 Å². The smallest absolute Gasteiger partial charge is 0.220 e. The summed E-state index contributed by atoms with van der Waals surface area (Å²) in [7, 11) is 5.16. The first-order chi connectivity index (χ1) is 14.4. The van der Waals surface area contributed by atoms with Crippen molar-refractivity contribution in [2.75, 3.05) is 45.4 Å². The van der Waals surface area contributed by atoms with Crippen LogP contribution in [0, 0.1) is 0 Å². The Morgan fingerprint density at radius 3 is 2.43 bits per heavy atom. The zero-order chi connectivity index (χ0) is 21.4. The zero-order valence-corrected chi connectivity index (χ0v) is 18.4. The van der Waals surface area contributed by atoms with Crippen molar-refractivity contribution in [3.63, 3.8) is 0 Å². The Kier molecular flexibility index (Phi) is 5.73. The number of aromatic nitrogens is 3. The molecule has 1 fully saturated rings. The number of rotatable bonds is 5. The van der Waals surface area contributed by atoms with Crippen LogP contribution in [0.15, 0.2) is 18.3 Å². The predicted molar refractivity (Wildman–Crippen MR) is 120 cm³/mol. The number of pyridine rings is 1. The molecular weight excluding hydrogens is 427 g/mol. The van der Waals surface area contributed by atoms with E-state index >= 15 is 0 Å². The molecule has 3 heterocycles. The third kappa shape index (κ3) is 3.78. The number of nitrogens with two attached hydrogens (primary N) is 1. The average molecular weight is 449 g/mol. The Labute approximate surface area is 184 Å². The fourth-order valence-electron chi connectivity index (χ4n) is 3.64. The molecule has 0 aliphatic carbocycles. The van der Waals surface area contributed by atoms with E-state index in [1.165, 1.54) is 14.2 Å². The van der Waals surface area contributed by atoms with E-state index in [0.717, 1.165) is 24.9 Å². The van der Waals surface area contributed by atoms with Gasteiger partial charge in [0.25, 0.3) is 0 Å². The molecule has 4 rings (SSSR count). The highest BCUT2D eigenvalue weighted by atomic mass is 35.5. The molecule has 0 saturated carbocycles. The summed E-state index contributed by atoms with van der Waals surface area (Å²) < 4.78 is 10.8. The fourth-order valence-corrected chi connectivity index (χ4v) is 4.33. The molecular formula is C20H22Cl2N6O2. The number of likely N-dealkylation sites (tertiary alicyclic amines) is 1. The summed E-state index contributed by atoms with van der Waals surface area (Å²) in [6.45, 7) is 1.92. The number of hydrogen-bond acceptors (Lipinski definition) is 8. The molecule has 0 amide bonds. The normalized spacial score (nSPS) is 16.8. The highest BCUT2D eigenvalue weighted by Gasteiger charge is 2.24. The summed E-state index contributed by atoms with van der Waals surface area (Å²) in [6, 6.07) is 3.71. The first-order valence-electron chi connectivity index (χ1n) is 9.40. The molecule has 1 aliphatic rings. The van der Waals surface area contributed by atoms with Gasteiger partial charge in [-0.05, 0) is 26.1 Å². The van der Waals surface area contributed by atoms with Crippen molar-refractivity contribution < 1.29 is 9.47 Å². The van der Waals surface area contributed by atoms with E-state index in [1.807, 2.05) is 6.07 Å². The third-order valence-corrected chi connectivity index (χ3v) is 5.90. The molecule has 8 nitrogen and oxygen atoms in total. The maximum absolute atomic E-state index is 6.61. The quantitative estimate of drug-likeness (QED) is 0.609. The van der Waals surface area contributed by atoms with Crippen molar-refractivity contribution in [3.05, 3.63) is 28.4 Å². The standard InChI is InChI=1S/C20H22Cl2N6O2/c1-28-5-4-11(9-28)25-19-18-10(8-24-20(23)27-18)6-12(26-19)15-16(21)13(29-2)7-14(30-3)17(15)22/h6-8,11H,4-5,9H2,1-3H3,(H,25,26)(H2,23,24,27). The van der Waals surface area contributed by atoms with Gasteiger partial charge in [0.1, 0.15) is 17.0 Å². The Morgan fingerprint density at radius 1 is 1.13 bits per heavy atom. The second-order valence-electron chi connectivity index (χ2n) is 7.20. The summed E-state index contributed by atoms with van der Waals surface area (Å²) in [6.07, 6.45) is 2.66. The summed E-state index contributed by atoms with van der Waals surface area (Å²) >= 11 is 13.2. The first-order valence-corrected chi connectivity index (χ1v) is 10.2. The van der Waals surface area contributed by atoms with Crippen LogP contribution < -0.4 is 20.5 Å². The molecule has 1 saturated heterocycles. The molecule has 0 radical (unpaired) electrons. The summed E-state index contributed by atoms with van der Waals surface area (Å²) in [5.41, 5.74) is 7.54. The van der Waals surface area contributed by atoms with Crippen LogP contribution in [0.4, 0.5) is 11.8 Å². The zero-order valence-electron chi connectivity index (χ0n) is 16.9. The average Bonchev–Trinajstić information content (AvgIpc) is 3.13. The van der Waals surface area contributed by atoms with Crippen LogP contribution in [-0.2, 0) is 0 Å². The summed E-state index contributed by atoms with van der Waals surface area (Å²) in [5.74, 6) is 1.67. The lowest BCUT2D eigenvalue weighted by atomic mass is 10.1. The van der Waals surface area contributed by atoms with Gasteiger partial charge in [0.05, 0.1) is 30.0 Å². The largest absolute Gasteiger partial charge is 0.495 e. The van der Waals surface area contributed by atoms with Gasteiger partial charge in [0, 0.05) is 35.8 Å². The van der Waals surface area contributed by atoms with Gasteiger partial charge in [-0.2, -0.15) is 0 Å². The minimum atomic E-state index is 0.183. The highest BCUT2D eigenvalue weighted by Crippen LogP contribution is 2.46. The van der Waals surface area contributed by atoms with E-state index in [4.69, 9.17) is 43.4 Å². The molecule has 2 aromatic heterocycles. The predicted octanol–water partition coefficient (Wildman–Crippen LogP) is 3.71. The van der Waals surface area contributed by atoms with Crippen LogP contribution in [0.5, 0.6) is 11.5 Å².